The number of fused-ring (bicyclic) bond motifs is 1. The molecule has 0 aromatic carbocycles. The molecular formula is C20H33N5O. The van der Waals surface area contributed by atoms with Gasteiger partial charge in [0.05, 0.1) is 17.7 Å². The molecule has 4 rings (SSSR count). The van der Waals surface area contributed by atoms with Crippen molar-refractivity contribution in [2.24, 2.45) is 5.92 Å². The molecule has 3 heterocycles. The molecule has 6 heteroatoms. The number of likely N-dealkylation sites (N-methyl/N-ethyl adjacent to an activating group) is 1. The van der Waals surface area contributed by atoms with Crippen LogP contribution in [0.2, 0.25) is 0 Å². The average Bonchev–Trinajstić information content (AvgIpc) is 3.36. The van der Waals surface area contributed by atoms with Gasteiger partial charge in [-0.3, -0.25) is 9.69 Å². The van der Waals surface area contributed by atoms with Crippen molar-refractivity contribution in [3.8, 4) is 0 Å². The third-order valence-corrected chi connectivity index (χ3v) is 6.18. The van der Waals surface area contributed by atoms with E-state index in [1.807, 2.05) is 6.33 Å². The molecule has 1 aromatic rings. The van der Waals surface area contributed by atoms with Gasteiger partial charge in [-0.05, 0) is 52.6 Å². The summed E-state index contributed by atoms with van der Waals surface area (Å²) in [4.78, 5) is 25.3. The number of hydrogen-bond acceptors (Lipinski definition) is 4. The lowest BCUT2D eigenvalue weighted by molar-refractivity contribution is -0.138. The van der Waals surface area contributed by atoms with E-state index in [-0.39, 0.29) is 6.04 Å². The van der Waals surface area contributed by atoms with Crippen molar-refractivity contribution in [1.82, 2.24) is 24.3 Å². The standard InChI is InChI=1S/C20H33N5O/c1-15(2)25-14-21-17-7-10-24(13-16-5-6-16)19(18(17)25)20(26)23-9-4-8-22(3)11-12-23/h14-16,19H,4-13H2,1-3H3. The average molecular weight is 360 g/mol. The molecule has 0 spiro atoms. The first-order chi connectivity index (χ1) is 12.5. The van der Waals surface area contributed by atoms with Gasteiger partial charge in [-0.15, -0.1) is 0 Å². The number of amides is 1. The van der Waals surface area contributed by atoms with Crippen LogP contribution in [0.25, 0.3) is 0 Å². The highest BCUT2D eigenvalue weighted by molar-refractivity contribution is 5.83. The molecule has 2 fully saturated rings. The Hall–Kier alpha value is -1.40. The van der Waals surface area contributed by atoms with Gasteiger partial charge < -0.3 is 14.4 Å². The molecule has 144 valence electrons. The van der Waals surface area contributed by atoms with E-state index in [4.69, 9.17) is 0 Å². The molecule has 1 atom stereocenters. The minimum atomic E-state index is -0.146. The summed E-state index contributed by atoms with van der Waals surface area (Å²) in [5.74, 6) is 1.09. The van der Waals surface area contributed by atoms with Gasteiger partial charge >= 0.3 is 0 Å². The molecule has 1 saturated carbocycles. The molecular weight excluding hydrogens is 326 g/mol. The minimum absolute atomic E-state index is 0.146. The zero-order valence-electron chi connectivity index (χ0n) is 16.5. The summed E-state index contributed by atoms with van der Waals surface area (Å²) in [6.07, 6.45) is 6.62. The maximum absolute atomic E-state index is 13.7. The van der Waals surface area contributed by atoms with E-state index in [1.54, 1.807) is 0 Å². The lowest BCUT2D eigenvalue weighted by Gasteiger charge is -2.38. The van der Waals surface area contributed by atoms with Crippen LogP contribution >= 0.6 is 0 Å². The predicted octanol–water partition coefficient (Wildman–Crippen LogP) is 1.94. The van der Waals surface area contributed by atoms with Crippen LogP contribution in [0.4, 0.5) is 0 Å². The summed E-state index contributed by atoms with van der Waals surface area (Å²) in [5, 5.41) is 0. The maximum Gasteiger partial charge on any atom is 0.246 e. The van der Waals surface area contributed by atoms with Gasteiger partial charge in [-0.1, -0.05) is 0 Å². The second-order valence-electron chi connectivity index (χ2n) is 8.65. The smallest absolute Gasteiger partial charge is 0.246 e. The zero-order chi connectivity index (χ0) is 18.3. The van der Waals surface area contributed by atoms with Gasteiger partial charge in [0, 0.05) is 45.2 Å². The molecule has 0 bridgehead atoms. The Bertz CT molecular complexity index is 651. The van der Waals surface area contributed by atoms with Gasteiger partial charge in [0.1, 0.15) is 6.04 Å². The lowest BCUT2D eigenvalue weighted by atomic mass is 9.99. The fourth-order valence-corrected chi connectivity index (χ4v) is 4.41. The van der Waals surface area contributed by atoms with E-state index < -0.39 is 0 Å². The van der Waals surface area contributed by atoms with E-state index in [1.165, 1.54) is 12.8 Å². The van der Waals surface area contributed by atoms with Crippen LogP contribution in [-0.2, 0) is 11.2 Å². The van der Waals surface area contributed by atoms with Crippen molar-refractivity contribution in [2.45, 2.75) is 51.6 Å². The van der Waals surface area contributed by atoms with E-state index in [2.05, 4.69) is 45.1 Å². The Balaban J connectivity index is 1.64. The topological polar surface area (TPSA) is 44.6 Å². The summed E-state index contributed by atoms with van der Waals surface area (Å²) in [6, 6.07) is 0.186. The highest BCUT2D eigenvalue weighted by Crippen LogP contribution is 2.37. The Morgan fingerprint density at radius 3 is 2.73 bits per heavy atom. The van der Waals surface area contributed by atoms with Crippen molar-refractivity contribution >= 4 is 5.91 Å². The molecule has 0 N–H and O–H groups in total. The fourth-order valence-electron chi connectivity index (χ4n) is 4.41. The molecule has 2 aliphatic heterocycles. The predicted molar refractivity (Wildman–Crippen MR) is 102 cm³/mol. The van der Waals surface area contributed by atoms with Crippen LogP contribution < -0.4 is 0 Å². The SMILES string of the molecule is CC(C)n1cnc2c1C(C(=O)N1CCCN(C)CC1)N(CC1CC1)CC2. The summed E-state index contributed by atoms with van der Waals surface area (Å²) in [6.45, 7) is 10.2. The van der Waals surface area contributed by atoms with E-state index in [9.17, 15) is 4.79 Å². The molecule has 0 radical (unpaired) electrons. The van der Waals surface area contributed by atoms with Crippen LogP contribution in [-0.4, -0.2) is 76.5 Å². The molecule has 1 unspecified atom stereocenters. The molecule has 3 aliphatic rings. The van der Waals surface area contributed by atoms with E-state index in [0.29, 0.717) is 11.9 Å². The molecule has 6 nitrogen and oxygen atoms in total. The van der Waals surface area contributed by atoms with Gasteiger partial charge in [0.15, 0.2) is 0 Å². The number of aromatic nitrogens is 2. The Labute approximate surface area is 157 Å². The molecule has 1 saturated heterocycles. The van der Waals surface area contributed by atoms with Crippen LogP contribution in [0, 0.1) is 5.92 Å². The third kappa shape index (κ3) is 3.54. The number of rotatable bonds is 4. The number of imidazole rings is 1. The van der Waals surface area contributed by atoms with Crippen LogP contribution in [0.5, 0.6) is 0 Å². The molecule has 1 amide bonds. The molecule has 1 aromatic heterocycles. The van der Waals surface area contributed by atoms with Crippen LogP contribution in [0.15, 0.2) is 6.33 Å². The fraction of sp³-hybridized carbons (Fsp3) is 0.800. The van der Waals surface area contributed by atoms with Gasteiger partial charge in [0.25, 0.3) is 0 Å². The first-order valence-corrected chi connectivity index (χ1v) is 10.3. The summed E-state index contributed by atoms with van der Waals surface area (Å²) >= 11 is 0. The number of nitrogens with zero attached hydrogens (tertiary/aromatic N) is 5. The number of carbonyl (C=O) groups is 1. The summed E-state index contributed by atoms with van der Waals surface area (Å²) in [7, 11) is 2.15. The second-order valence-corrected chi connectivity index (χ2v) is 8.65. The van der Waals surface area contributed by atoms with Crippen molar-refractivity contribution in [2.75, 3.05) is 46.3 Å². The van der Waals surface area contributed by atoms with Crippen LogP contribution in [0.1, 0.15) is 56.6 Å². The molecule has 26 heavy (non-hydrogen) atoms. The van der Waals surface area contributed by atoms with Crippen LogP contribution in [0.3, 0.4) is 0 Å². The van der Waals surface area contributed by atoms with Gasteiger partial charge in [-0.25, -0.2) is 4.98 Å². The highest BCUT2D eigenvalue weighted by Gasteiger charge is 2.41. The van der Waals surface area contributed by atoms with Crippen molar-refractivity contribution in [3.05, 3.63) is 17.7 Å². The van der Waals surface area contributed by atoms with Gasteiger partial charge in [-0.2, -0.15) is 0 Å². The first kappa shape index (κ1) is 18.0. The van der Waals surface area contributed by atoms with E-state index in [0.717, 1.165) is 69.4 Å². The largest absolute Gasteiger partial charge is 0.340 e. The number of carbonyl (C=O) groups excluding carboxylic acids is 1. The Morgan fingerprint density at radius 1 is 1.19 bits per heavy atom. The Morgan fingerprint density at radius 2 is 2.00 bits per heavy atom. The van der Waals surface area contributed by atoms with Crippen molar-refractivity contribution in [1.29, 1.82) is 0 Å². The first-order valence-electron chi connectivity index (χ1n) is 10.3. The van der Waals surface area contributed by atoms with E-state index >= 15 is 0 Å². The highest BCUT2D eigenvalue weighted by atomic mass is 16.2. The second kappa shape index (κ2) is 7.31. The van der Waals surface area contributed by atoms with Crippen molar-refractivity contribution < 1.29 is 4.79 Å². The Kier molecular flexibility index (Phi) is 5.06. The third-order valence-electron chi connectivity index (χ3n) is 6.18. The normalized spacial score (nSPS) is 25.4. The summed E-state index contributed by atoms with van der Waals surface area (Å²) < 4.78 is 2.24. The van der Waals surface area contributed by atoms with Crippen molar-refractivity contribution in [3.63, 3.8) is 0 Å². The quantitative estimate of drug-likeness (QED) is 0.824. The monoisotopic (exact) mass is 359 g/mol. The number of hydrogen-bond donors (Lipinski definition) is 0. The molecule has 1 aliphatic carbocycles. The summed E-state index contributed by atoms with van der Waals surface area (Å²) in [5.41, 5.74) is 2.30. The maximum atomic E-state index is 13.7. The lowest BCUT2D eigenvalue weighted by Crippen LogP contribution is -2.48. The zero-order valence-corrected chi connectivity index (χ0v) is 16.5. The minimum Gasteiger partial charge on any atom is -0.340 e. The van der Waals surface area contributed by atoms with Gasteiger partial charge in [0.2, 0.25) is 5.91 Å².